The Morgan fingerprint density at radius 3 is 2.40 bits per heavy atom. The number of primary amides is 1. The van der Waals surface area contributed by atoms with E-state index in [-0.39, 0.29) is 25.0 Å². The number of carbonyl (C=O) groups excluding carboxylic acids is 1. The van der Waals surface area contributed by atoms with Gasteiger partial charge in [0.1, 0.15) is 18.5 Å². The average molecular weight is 280 g/mol. The molecule has 1 amide bonds. The normalized spacial score (nSPS) is 14.1. The van der Waals surface area contributed by atoms with Crippen molar-refractivity contribution >= 4 is 5.91 Å². The number of ether oxygens (including phenoxy) is 1. The molecule has 0 spiro atoms. The maximum atomic E-state index is 10.8. The molecule has 112 valence electrons. The molecule has 5 nitrogen and oxygen atoms in total. The number of aliphatic hydroxyl groups excluding tert-OH is 1. The summed E-state index contributed by atoms with van der Waals surface area (Å²) in [6.07, 6.45) is -0.360. The van der Waals surface area contributed by atoms with Gasteiger partial charge in [-0.2, -0.15) is 0 Å². The predicted octanol–water partition coefficient (Wildman–Crippen LogP) is 0.841. The van der Waals surface area contributed by atoms with Crippen LogP contribution in [0.2, 0.25) is 0 Å². The van der Waals surface area contributed by atoms with E-state index >= 15 is 0 Å². The lowest BCUT2D eigenvalue weighted by molar-refractivity contribution is -0.117. The van der Waals surface area contributed by atoms with Gasteiger partial charge < -0.3 is 20.9 Å². The number of carbonyl (C=O) groups is 1. The minimum atomic E-state index is -0.581. The van der Waals surface area contributed by atoms with E-state index < -0.39 is 6.10 Å². The van der Waals surface area contributed by atoms with E-state index in [1.165, 1.54) is 0 Å². The van der Waals surface area contributed by atoms with Gasteiger partial charge in [-0.3, -0.25) is 4.79 Å². The van der Waals surface area contributed by atoms with Crippen LogP contribution in [0.15, 0.2) is 24.3 Å². The topological polar surface area (TPSA) is 84.6 Å². The quantitative estimate of drug-likeness (QED) is 0.659. The van der Waals surface area contributed by atoms with Crippen molar-refractivity contribution < 1.29 is 14.6 Å². The third-order valence-corrected chi connectivity index (χ3v) is 2.90. The summed E-state index contributed by atoms with van der Waals surface area (Å²) in [5.74, 6) is 0.302. The Hall–Kier alpha value is -1.59. The van der Waals surface area contributed by atoms with Crippen LogP contribution in [0.5, 0.6) is 5.75 Å². The van der Waals surface area contributed by atoms with Gasteiger partial charge in [0.2, 0.25) is 5.91 Å². The average Bonchev–Trinajstić information content (AvgIpc) is 2.36. The van der Waals surface area contributed by atoms with Crippen molar-refractivity contribution in [3.05, 3.63) is 29.8 Å². The SMILES string of the molecule is CC(C)N[C@@H](C)[C@@H](O)COc1ccc(CC(N)=O)cc1. The van der Waals surface area contributed by atoms with Crippen LogP contribution in [0.3, 0.4) is 0 Å². The molecule has 0 aromatic heterocycles. The molecule has 1 rings (SSSR count). The van der Waals surface area contributed by atoms with Crippen LogP contribution >= 0.6 is 0 Å². The molecular weight excluding hydrogens is 256 g/mol. The first-order valence-electron chi connectivity index (χ1n) is 6.82. The van der Waals surface area contributed by atoms with Crippen molar-refractivity contribution in [2.24, 2.45) is 5.73 Å². The molecule has 2 atom stereocenters. The van der Waals surface area contributed by atoms with Gasteiger partial charge in [0.25, 0.3) is 0 Å². The number of nitrogens with one attached hydrogen (secondary N) is 1. The van der Waals surface area contributed by atoms with Crippen LogP contribution in [-0.4, -0.2) is 35.8 Å². The van der Waals surface area contributed by atoms with Crippen LogP contribution in [-0.2, 0) is 11.2 Å². The fourth-order valence-corrected chi connectivity index (χ4v) is 1.87. The molecule has 0 fully saturated rings. The smallest absolute Gasteiger partial charge is 0.221 e. The standard InChI is InChI=1S/C15H24N2O3/c1-10(2)17-11(3)14(18)9-20-13-6-4-12(5-7-13)8-15(16)19/h4-7,10-11,14,17-18H,8-9H2,1-3H3,(H2,16,19)/t11-,14-/m0/s1. The fraction of sp³-hybridized carbons (Fsp3) is 0.533. The lowest BCUT2D eigenvalue weighted by Gasteiger charge is -2.22. The highest BCUT2D eigenvalue weighted by atomic mass is 16.5. The van der Waals surface area contributed by atoms with E-state index in [0.717, 1.165) is 5.56 Å². The van der Waals surface area contributed by atoms with E-state index in [1.807, 2.05) is 20.8 Å². The molecular formula is C15H24N2O3. The third-order valence-electron chi connectivity index (χ3n) is 2.90. The lowest BCUT2D eigenvalue weighted by Crippen LogP contribution is -2.43. The van der Waals surface area contributed by atoms with E-state index in [2.05, 4.69) is 5.32 Å². The highest BCUT2D eigenvalue weighted by molar-refractivity contribution is 5.76. The summed E-state index contributed by atoms with van der Waals surface area (Å²) in [6.45, 7) is 6.20. The zero-order chi connectivity index (χ0) is 15.1. The van der Waals surface area contributed by atoms with Crippen molar-refractivity contribution in [1.29, 1.82) is 0 Å². The molecule has 0 radical (unpaired) electrons. The van der Waals surface area contributed by atoms with Crippen molar-refractivity contribution in [2.45, 2.75) is 45.4 Å². The second kappa shape index (κ2) is 7.87. The van der Waals surface area contributed by atoms with Gasteiger partial charge in [0.15, 0.2) is 0 Å². The van der Waals surface area contributed by atoms with Crippen LogP contribution in [0, 0.1) is 0 Å². The fourth-order valence-electron chi connectivity index (χ4n) is 1.87. The predicted molar refractivity (Wildman–Crippen MR) is 78.6 cm³/mol. The molecule has 0 saturated heterocycles. The molecule has 0 unspecified atom stereocenters. The first-order valence-corrected chi connectivity index (χ1v) is 6.82. The Kier molecular flexibility index (Phi) is 6.48. The van der Waals surface area contributed by atoms with Gasteiger partial charge in [-0.15, -0.1) is 0 Å². The highest BCUT2D eigenvalue weighted by Gasteiger charge is 2.15. The van der Waals surface area contributed by atoms with Crippen LogP contribution in [0.1, 0.15) is 26.3 Å². The van der Waals surface area contributed by atoms with Gasteiger partial charge >= 0.3 is 0 Å². The first kappa shape index (κ1) is 16.5. The van der Waals surface area contributed by atoms with E-state index in [4.69, 9.17) is 10.5 Å². The van der Waals surface area contributed by atoms with Crippen molar-refractivity contribution in [3.63, 3.8) is 0 Å². The van der Waals surface area contributed by atoms with Crippen LogP contribution in [0.25, 0.3) is 0 Å². The highest BCUT2D eigenvalue weighted by Crippen LogP contribution is 2.13. The van der Waals surface area contributed by atoms with Gasteiger partial charge in [0, 0.05) is 12.1 Å². The zero-order valence-corrected chi connectivity index (χ0v) is 12.3. The molecule has 0 aliphatic carbocycles. The molecule has 0 aliphatic heterocycles. The van der Waals surface area contributed by atoms with Crippen molar-refractivity contribution in [3.8, 4) is 5.75 Å². The van der Waals surface area contributed by atoms with E-state index in [9.17, 15) is 9.90 Å². The summed E-state index contributed by atoms with van der Waals surface area (Å²) < 4.78 is 5.52. The zero-order valence-electron chi connectivity index (χ0n) is 12.3. The Morgan fingerprint density at radius 1 is 1.30 bits per heavy atom. The Morgan fingerprint density at radius 2 is 1.90 bits per heavy atom. The van der Waals surface area contributed by atoms with Gasteiger partial charge in [-0.05, 0) is 24.6 Å². The number of aliphatic hydroxyl groups is 1. The number of hydrogen-bond acceptors (Lipinski definition) is 4. The largest absolute Gasteiger partial charge is 0.491 e. The molecule has 5 heteroatoms. The van der Waals surface area contributed by atoms with Gasteiger partial charge in [0.05, 0.1) is 6.42 Å². The molecule has 4 N–H and O–H groups in total. The Labute approximate surface area is 120 Å². The Bertz CT molecular complexity index is 418. The number of rotatable bonds is 8. The van der Waals surface area contributed by atoms with E-state index in [1.54, 1.807) is 24.3 Å². The molecule has 0 bridgehead atoms. The second-order valence-corrected chi connectivity index (χ2v) is 5.28. The molecule has 1 aromatic carbocycles. The summed E-state index contributed by atoms with van der Waals surface area (Å²) in [7, 11) is 0. The van der Waals surface area contributed by atoms with Gasteiger partial charge in [-0.25, -0.2) is 0 Å². The minimum absolute atomic E-state index is 0.0378. The lowest BCUT2D eigenvalue weighted by atomic mass is 10.1. The molecule has 0 heterocycles. The summed E-state index contributed by atoms with van der Waals surface area (Å²) in [5.41, 5.74) is 5.97. The molecule has 1 aromatic rings. The van der Waals surface area contributed by atoms with Crippen LogP contribution in [0.4, 0.5) is 0 Å². The molecule has 20 heavy (non-hydrogen) atoms. The number of hydrogen-bond donors (Lipinski definition) is 3. The maximum absolute atomic E-state index is 10.8. The number of nitrogens with two attached hydrogens (primary N) is 1. The molecule has 0 aliphatic rings. The molecule has 0 saturated carbocycles. The van der Waals surface area contributed by atoms with Gasteiger partial charge in [-0.1, -0.05) is 26.0 Å². The summed E-state index contributed by atoms with van der Waals surface area (Å²) in [6, 6.07) is 7.40. The monoisotopic (exact) mass is 280 g/mol. The summed E-state index contributed by atoms with van der Waals surface area (Å²) in [4.78, 5) is 10.8. The second-order valence-electron chi connectivity index (χ2n) is 5.28. The van der Waals surface area contributed by atoms with Crippen LogP contribution < -0.4 is 15.8 Å². The van der Waals surface area contributed by atoms with E-state index in [0.29, 0.717) is 11.8 Å². The third kappa shape index (κ3) is 6.04. The summed E-state index contributed by atoms with van der Waals surface area (Å²) >= 11 is 0. The Balaban J connectivity index is 2.43. The van der Waals surface area contributed by atoms with Crippen molar-refractivity contribution in [1.82, 2.24) is 5.32 Å². The maximum Gasteiger partial charge on any atom is 0.221 e. The van der Waals surface area contributed by atoms with Crippen molar-refractivity contribution in [2.75, 3.05) is 6.61 Å². The number of amides is 1. The summed E-state index contributed by atoms with van der Waals surface area (Å²) in [5, 5.41) is 13.2. The number of benzene rings is 1. The minimum Gasteiger partial charge on any atom is -0.491 e. The first-order chi connectivity index (χ1) is 9.38.